The molecule has 0 aliphatic heterocycles. The first kappa shape index (κ1) is 15.9. The Morgan fingerprint density at radius 3 is 2.79 bits per heavy atom. The summed E-state index contributed by atoms with van der Waals surface area (Å²) in [5, 5.41) is 14.6. The van der Waals surface area contributed by atoms with Crippen LogP contribution in [-0.2, 0) is 18.4 Å². The van der Waals surface area contributed by atoms with E-state index in [0.717, 1.165) is 4.80 Å². The van der Waals surface area contributed by atoms with Crippen LogP contribution in [0.5, 0.6) is 0 Å². The summed E-state index contributed by atoms with van der Waals surface area (Å²) in [4.78, 5) is 25.0. The minimum atomic E-state index is -0.531. The number of amides is 2. The standard InChI is InChI=1S/C15H13ClN6O2/c1-21-7-3-6-12(21)15(24)17-13(23)9-22-19-14(18-20-22)10-4-2-5-11(16)8-10/h2-8H,9H2,1H3,(H,17,23,24). The van der Waals surface area contributed by atoms with Gasteiger partial charge in [0.1, 0.15) is 12.2 Å². The number of imide groups is 1. The van der Waals surface area contributed by atoms with E-state index in [-0.39, 0.29) is 6.54 Å². The second-order valence-electron chi connectivity index (χ2n) is 5.04. The van der Waals surface area contributed by atoms with Crippen molar-refractivity contribution in [3.05, 3.63) is 53.3 Å². The van der Waals surface area contributed by atoms with Gasteiger partial charge in [-0.25, -0.2) is 0 Å². The van der Waals surface area contributed by atoms with Gasteiger partial charge in [0.25, 0.3) is 11.8 Å². The third-order valence-electron chi connectivity index (χ3n) is 3.25. The largest absolute Gasteiger partial charge is 0.347 e. The van der Waals surface area contributed by atoms with Gasteiger partial charge in [0.15, 0.2) is 0 Å². The number of carbonyl (C=O) groups excluding carboxylic acids is 2. The van der Waals surface area contributed by atoms with E-state index in [9.17, 15) is 9.59 Å². The molecule has 122 valence electrons. The topological polar surface area (TPSA) is 94.7 Å². The van der Waals surface area contributed by atoms with E-state index in [1.165, 1.54) is 0 Å². The summed E-state index contributed by atoms with van der Waals surface area (Å²) in [5.74, 6) is -0.669. The Labute approximate surface area is 142 Å². The fourth-order valence-electron chi connectivity index (χ4n) is 2.11. The summed E-state index contributed by atoms with van der Waals surface area (Å²) in [7, 11) is 1.72. The Hall–Kier alpha value is -3.00. The molecule has 0 aliphatic rings. The number of nitrogens with one attached hydrogen (secondary N) is 1. The molecule has 3 aromatic rings. The normalized spacial score (nSPS) is 10.6. The molecule has 9 heteroatoms. The van der Waals surface area contributed by atoms with Crippen LogP contribution in [0.4, 0.5) is 0 Å². The first-order chi connectivity index (χ1) is 11.5. The third-order valence-corrected chi connectivity index (χ3v) is 3.49. The minimum Gasteiger partial charge on any atom is -0.347 e. The lowest BCUT2D eigenvalue weighted by Crippen LogP contribution is -2.34. The molecule has 0 bridgehead atoms. The van der Waals surface area contributed by atoms with Crippen LogP contribution in [0.3, 0.4) is 0 Å². The van der Waals surface area contributed by atoms with Crippen LogP contribution in [0.1, 0.15) is 10.5 Å². The monoisotopic (exact) mass is 344 g/mol. The van der Waals surface area contributed by atoms with E-state index >= 15 is 0 Å². The number of nitrogens with zero attached hydrogens (tertiary/aromatic N) is 5. The van der Waals surface area contributed by atoms with Gasteiger partial charge in [0.2, 0.25) is 5.82 Å². The van der Waals surface area contributed by atoms with E-state index in [2.05, 4.69) is 20.7 Å². The Morgan fingerprint density at radius 1 is 1.25 bits per heavy atom. The molecule has 0 atom stereocenters. The molecule has 0 aliphatic carbocycles. The number of carbonyl (C=O) groups is 2. The van der Waals surface area contributed by atoms with Gasteiger partial charge >= 0.3 is 0 Å². The molecule has 1 N–H and O–H groups in total. The number of aromatic nitrogens is 5. The molecular formula is C15H13ClN6O2. The predicted octanol–water partition coefficient (Wildman–Crippen LogP) is 1.29. The summed E-state index contributed by atoms with van der Waals surface area (Å²) in [6.45, 7) is -0.219. The SMILES string of the molecule is Cn1cccc1C(=O)NC(=O)Cn1nnc(-c2cccc(Cl)c2)n1. The van der Waals surface area contributed by atoms with Crippen molar-refractivity contribution in [1.29, 1.82) is 0 Å². The van der Waals surface area contributed by atoms with E-state index in [1.54, 1.807) is 54.2 Å². The first-order valence-corrected chi connectivity index (χ1v) is 7.40. The van der Waals surface area contributed by atoms with Gasteiger partial charge in [-0.2, -0.15) is 4.80 Å². The molecule has 0 unspecified atom stereocenters. The van der Waals surface area contributed by atoms with E-state index in [4.69, 9.17) is 11.6 Å². The van der Waals surface area contributed by atoms with E-state index in [0.29, 0.717) is 22.1 Å². The van der Waals surface area contributed by atoms with Crippen molar-refractivity contribution in [2.75, 3.05) is 0 Å². The molecule has 2 aromatic heterocycles. The maximum Gasteiger partial charge on any atom is 0.274 e. The molecule has 2 heterocycles. The second kappa shape index (κ2) is 6.63. The summed E-state index contributed by atoms with van der Waals surface area (Å²) >= 11 is 5.92. The quantitative estimate of drug-likeness (QED) is 0.769. The van der Waals surface area contributed by atoms with Gasteiger partial charge in [-0.05, 0) is 29.5 Å². The molecule has 0 radical (unpaired) electrons. The van der Waals surface area contributed by atoms with Gasteiger partial charge < -0.3 is 4.57 Å². The van der Waals surface area contributed by atoms with E-state index < -0.39 is 11.8 Å². The number of rotatable bonds is 4. The number of tetrazole rings is 1. The zero-order valence-electron chi connectivity index (χ0n) is 12.7. The minimum absolute atomic E-state index is 0.219. The Kier molecular flexibility index (Phi) is 4.39. The molecular weight excluding hydrogens is 332 g/mol. The lowest BCUT2D eigenvalue weighted by molar-refractivity contribution is -0.121. The molecule has 0 fully saturated rings. The fraction of sp³-hybridized carbons (Fsp3) is 0.133. The van der Waals surface area contributed by atoms with Crippen LogP contribution in [-0.4, -0.2) is 36.6 Å². The number of aryl methyl sites for hydroxylation is 1. The van der Waals surface area contributed by atoms with Crippen LogP contribution < -0.4 is 5.32 Å². The Bertz CT molecular complexity index is 901. The molecule has 0 saturated heterocycles. The van der Waals surface area contributed by atoms with Crippen LogP contribution in [0.15, 0.2) is 42.6 Å². The van der Waals surface area contributed by atoms with Gasteiger partial charge in [0.05, 0.1) is 0 Å². The molecule has 3 rings (SSSR count). The average Bonchev–Trinajstić information content (AvgIpc) is 3.16. The zero-order chi connectivity index (χ0) is 17.1. The highest BCUT2D eigenvalue weighted by molar-refractivity contribution is 6.30. The summed E-state index contributed by atoms with van der Waals surface area (Å²) in [5.41, 5.74) is 1.07. The fourth-order valence-corrected chi connectivity index (χ4v) is 2.30. The van der Waals surface area contributed by atoms with Crippen molar-refractivity contribution >= 4 is 23.4 Å². The van der Waals surface area contributed by atoms with Crippen LogP contribution in [0.25, 0.3) is 11.4 Å². The van der Waals surface area contributed by atoms with Crippen molar-refractivity contribution < 1.29 is 9.59 Å². The molecule has 1 aromatic carbocycles. The van der Waals surface area contributed by atoms with Gasteiger partial charge in [-0.3, -0.25) is 14.9 Å². The van der Waals surface area contributed by atoms with Crippen LogP contribution in [0.2, 0.25) is 5.02 Å². The molecule has 0 spiro atoms. The molecule has 0 saturated carbocycles. The van der Waals surface area contributed by atoms with Crippen molar-refractivity contribution in [1.82, 2.24) is 30.1 Å². The first-order valence-electron chi connectivity index (χ1n) is 7.02. The average molecular weight is 345 g/mol. The molecule has 24 heavy (non-hydrogen) atoms. The van der Waals surface area contributed by atoms with Gasteiger partial charge in [-0.15, -0.1) is 10.2 Å². The maximum absolute atomic E-state index is 12.0. The number of halogens is 1. The zero-order valence-corrected chi connectivity index (χ0v) is 13.4. The van der Waals surface area contributed by atoms with Crippen molar-refractivity contribution in [2.24, 2.45) is 7.05 Å². The lowest BCUT2D eigenvalue weighted by Gasteiger charge is -2.04. The second-order valence-corrected chi connectivity index (χ2v) is 5.47. The Morgan fingerprint density at radius 2 is 2.08 bits per heavy atom. The molecule has 2 amide bonds. The lowest BCUT2D eigenvalue weighted by atomic mass is 10.2. The summed E-state index contributed by atoms with van der Waals surface area (Å²) < 4.78 is 1.62. The maximum atomic E-state index is 12.0. The Balaban J connectivity index is 1.65. The summed E-state index contributed by atoms with van der Waals surface area (Å²) in [6.07, 6.45) is 1.72. The van der Waals surface area contributed by atoms with Crippen LogP contribution >= 0.6 is 11.6 Å². The summed E-state index contributed by atoms with van der Waals surface area (Å²) in [6, 6.07) is 10.3. The van der Waals surface area contributed by atoms with Crippen molar-refractivity contribution in [3.8, 4) is 11.4 Å². The predicted molar refractivity (Wildman–Crippen MR) is 86.1 cm³/mol. The van der Waals surface area contributed by atoms with Crippen molar-refractivity contribution in [2.45, 2.75) is 6.54 Å². The van der Waals surface area contributed by atoms with Crippen molar-refractivity contribution in [3.63, 3.8) is 0 Å². The number of hydrogen-bond donors (Lipinski definition) is 1. The van der Waals surface area contributed by atoms with E-state index in [1.807, 2.05) is 0 Å². The van der Waals surface area contributed by atoms with Gasteiger partial charge in [-0.1, -0.05) is 23.7 Å². The highest BCUT2D eigenvalue weighted by Crippen LogP contribution is 2.18. The van der Waals surface area contributed by atoms with Crippen LogP contribution in [0, 0.1) is 0 Å². The molecule has 8 nitrogen and oxygen atoms in total. The highest BCUT2D eigenvalue weighted by Gasteiger charge is 2.15. The smallest absolute Gasteiger partial charge is 0.274 e. The number of hydrogen-bond acceptors (Lipinski definition) is 5. The highest BCUT2D eigenvalue weighted by atomic mass is 35.5. The van der Waals surface area contributed by atoms with Gasteiger partial charge in [0, 0.05) is 23.8 Å². The third kappa shape index (κ3) is 3.49. The number of benzene rings is 1.